The number of alkyl halides is 7. The minimum absolute atomic E-state index is 0.0375. The van der Waals surface area contributed by atoms with Crippen LogP contribution in [0.3, 0.4) is 0 Å². The van der Waals surface area contributed by atoms with Crippen molar-refractivity contribution in [1.82, 2.24) is 30.2 Å². The molecule has 2 aromatic heterocycles. The van der Waals surface area contributed by atoms with Gasteiger partial charge in [0, 0.05) is 26.2 Å². The zero-order valence-corrected chi connectivity index (χ0v) is 39.3. The van der Waals surface area contributed by atoms with Crippen LogP contribution >= 0.6 is 0 Å². The van der Waals surface area contributed by atoms with Crippen LogP contribution in [0.1, 0.15) is 112 Å². The number of fused-ring (bicyclic) bond motifs is 2. The van der Waals surface area contributed by atoms with Gasteiger partial charge in [-0.05, 0) is 84.6 Å². The molecule has 380 valence electrons. The number of methoxy groups -OCH3 is 2. The lowest BCUT2D eigenvalue weighted by atomic mass is 10.1. The molecule has 0 aliphatic carbocycles. The molecule has 72 heavy (non-hydrogen) atoms. The van der Waals surface area contributed by atoms with Crippen molar-refractivity contribution in [3.63, 3.8) is 0 Å². The Labute approximate surface area is 408 Å². The summed E-state index contributed by atoms with van der Waals surface area (Å²) in [6.07, 6.45) is -8.93. The van der Waals surface area contributed by atoms with Crippen LogP contribution in [0.25, 0.3) is 0 Å². The van der Waals surface area contributed by atoms with E-state index in [0.717, 1.165) is 29.8 Å². The highest BCUT2D eigenvalue weighted by atomic mass is 19.4. The third-order valence-corrected chi connectivity index (χ3v) is 12.1. The first-order valence-corrected chi connectivity index (χ1v) is 22.4. The van der Waals surface area contributed by atoms with Crippen molar-refractivity contribution in [3.8, 4) is 0 Å². The number of aliphatic hydroxyl groups is 1. The molecule has 0 fully saturated rings. The average Bonchev–Trinajstić information content (AvgIpc) is 4.14. The number of anilines is 2. The van der Waals surface area contributed by atoms with Crippen LogP contribution < -0.4 is 20.4 Å². The van der Waals surface area contributed by atoms with E-state index in [1.54, 1.807) is 89.0 Å². The number of esters is 2. The average molecular weight is 1010 g/mol. The van der Waals surface area contributed by atoms with Crippen LogP contribution in [-0.4, -0.2) is 75.7 Å². The molecule has 2 aliphatic rings. The first-order chi connectivity index (χ1) is 34.2. The number of hydrogen-bond acceptors (Lipinski definition) is 11. The number of halogens is 7. The summed E-state index contributed by atoms with van der Waals surface area (Å²) in [4.78, 5) is 53.4. The Morgan fingerprint density at radius 1 is 0.611 bits per heavy atom. The van der Waals surface area contributed by atoms with Gasteiger partial charge in [-0.25, -0.2) is 23.3 Å². The summed E-state index contributed by atoms with van der Waals surface area (Å²) < 4.78 is 105. The molecule has 2 atom stereocenters. The maximum atomic E-state index is 13.8. The fourth-order valence-corrected chi connectivity index (χ4v) is 8.47. The molecule has 0 unspecified atom stereocenters. The molecular formula is C50H49F7N8O7. The first kappa shape index (κ1) is 52.1. The number of carbonyl (C=O) groups is 4. The Morgan fingerprint density at radius 3 is 1.36 bits per heavy atom. The molecule has 2 amide bonds. The number of nitrogens with zero attached hydrogens (tertiary/aromatic N) is 6. The normalized spacial score (nSPS) is 13.9. The van der Waals surface area contributed by atoms with Crippen molar-refractivity contribution >= 4 is 35.4 Å². The van der Waals surface area contributed by atoms with Crippen molar-refractivity contribution in [3.05, 3.63) is 164 Å². The van der Waals surface area contributed by atoms with Gasteiger partial charge in [-0.2, -0.15) is 36.5 Å². The van der Waals surface area contributed by atoms with Crippen LogP contribution in [0.2, 0.25) is 0 Å². The highest BCUT2D eigenvalue weighted by Crippen LogP contribution is 2.36. The third kappa shape index (κ3) is 11.5. The number of hydrogen-bond donors (Lipinski definition) is 3. The monoisotopic (exact) mass is 1010 g/mol. The zero-order valence-electron chi connectivity index (χ0n) is 39.3. The fourth-order valence-electron chi connectivity index (χ4n) is 8.47. The van der Waals surface area contributed by atoms with Crippen molar-refractivity contribution in [1.29, 1.82) is 0 Å². The van der Waals surface area contributed by atoms with E-state index in [-0.39, 0.29) is 35.6 Å². The van der Waals surface area contributed by atoms with E-state index < -0.39 is 72.6 Å². The molecule has 4 heterocycles. The van der Waals surface area contributed by atoms with Gasteiger partial charge in [0.15, 0.2) is 0 Å². The number of nitrogens with one attached hydrogen (secondary N) is 2. The molecule has 6 aromatic rings. The largest absolute Gasteiger partial charge is 0.465 e. The predicted octanol–water partition coefficient (Wildman–Crippen LogP) is 8.36. The van der Waals surface area contributed by atoms with E-state index in [2.05, 4.69) is 25.6 Å². The van der Waals surface area contributed by atoms with Gasteiger partial charge in [0.1, 0.15) is 40.8 Å². The Balaban J connectivity index is 0.000000211. The molecule has 3 N–H and O–H groups in total. The summed E-state index contributed by atoms with van der Waals surface area (Å²) in [5, 5.41) is 24.1. The van der Waals surface area contributed by atoms with E-state index in [0.29, 0.717) is 65.6 Å². The number of aromatic nitrogens is 4. The summed E-state index contributed by atoms with van der Waals surface area (Å²) in [7, 11) is 2.57. The van der Waals surface area contributed by atoms with Crippen LogP contribution in [-0.2, 0) is 61.3 Å². The lowest BCUT2D eigenvalue weighted by Crippen LogP contribution is -2.30. The van der Waals surface area contributed by atoms with E-state index in [1.165, 1.54) is 31.0 Å². The van der Waals surface area contributed by atoms with E-state index in [4.69, 9.17) is 4.74 Å². The second kappa shape index (κ2) is 21.7. The molecule has 0 radical (unpaired) electrons. The molecule has 0 saturated heterocycles. The van der Waals surface area contributed by atoms with E-state index in [9.17, 15) is 55.0 Å². The second-order valence-corrected chi connectivity index (χ2v) is 16.9. The van der Waals surface area contributed by atoms with Gasteiger partial charge in [-0.3, -0.25) is 9.59 Å². The SMILES string of the molecule is COC(=O)c1ccc([C@H](C)NC(=O)c2c(CF)nn3c2N(Cc2cccc(C(F)(F)F)c2)CC3)cc1.COC(=O)c1ccc([C@H](C)NC(=O)c2c(CO)nn3c2N(Cc2cccc(C(F)(F)F)c2)CC3)cc1. The fraction of sp³-hybridized carbons (Fsp3) is 0.320. The number of benzene rings is 4. The highest BCUT2D eigenvalue weighted by molar-refractivity contribution is 6.01. The van der Waals surface area contributed by atoms with Gasteiger partial charge in [0.25, 0.3) is 11.8 Å². The Bertz CT molecular complexity index is 2740. The lowest BCUT2D eigenvalue weighted by molar-refractivity contribution is -0.138. The van der Waals surface area contributed by atoms with Crippen molar-refractivity contribution in [2.45, 2.75) is 77.7 Å². The van der Waals surface area contributed by atoms with Gasteiger partial charge in [-0.15, -0.1) is 0 Å². The third-order valence-electron chi connectivity index (χ3n) is 12.1. The highest BCUT2D eigenvalue weighted by Gasteiger charge is 2.36. The van der Waals surface area contributed by atoms with Gasteiger partial charge >= 0.3 is 24.3 Å². The van der Waals surface area contributed by atoms with Crippen molar-refractivity contribution in [2.24, 2.45) is 0 Å². The quantitative estimate of drug-likeness (QED) is 0.0707. The number of rotatable bonds is 14. The van der Waals surface area contributed by atoms with Crippen LogP contribution in [0.15, 0.2) is 97.1 Å². The molecular weight excluding hydrogens is 958 g/mol. The smallest absolute Gasteiger partial charge is 0.416 e. The van der Waals surface area contributed by atoms with E-state index >= 15 is 0 Å². The number of amides is 2. The Kier molecular flexibility index (Phi) is 15.7. The van der Waals surface area contributed by atoms with E-state index in [1.807, 2.05) is 0 Å². The molecule has 0 bridgehead atoms. The zero-order chi connectivity index (χ0) is 52.1. The van der Waals surface area contributed by atoms with Crippen LogP contribution in [0.5, 0.6) is 0 Å². The van der Waals surface area contributed by atoms with Gasteiger partial charge in [0.2, 0.25) is 0 Å². The summed E-state index contributed by atoms with van der Waals surface area (Å²) in [5.74, 6) is -1.16. The molecule has 15 nitrogen and oxygen atoms in total. The maximum Gasteiger partial charge on any atom is 0.416 e. The lowest BCUT2D eigenvalue weighted by Gasteiger charge is -2.21. The molecule has 2 aliphatic heterocycles. The Morgan fingerprint density at radius 2 is 1.00 bits per heavy atom. The molecule has 0 spiro atoms. The topological polar surface area (TPSA) is 173 Å². The minimum atomic E-state index is -4.47. The number of ether oxygens (including phenoxy) is 2. The van der Waals surface area contributed by atoms with Crippen molar-refractivity contribution in [2.75, 3.05) is 37.1 Å². The predicted molar refractivity (Wildman–Crippen MR) is 248 cm³/mol. The minimum Gasteiger partial charge on any atom is -0.465 e. The summed E-state index contributed by atoms with van der Waals surface area (Å²) >= 11 is 0. The van der Waals surface area contributed by atoms with Crippen molar-refractivity contribution < 1.29 is 64.5 Å². The number of aliphatic hydroxyl groups excluding tert-OH is 1. The molecule has 0 saturated carbocycles. The summed E-state index contributed by atoms with van der Waals surface area (Å²) in [5.41, 5.74) is 1.92. The first-order valence-electron chi connectivity index (χ1n) is 22.4. The van der Waals surface area contributed by atoms with Gasteiger partial charge < -0.3 is 35.0 Å². The number of carbonyl (C=O) groups excluding carboxylic acids is 4. The maximum absolute atomic E-state index is 13.8. The summed E-state index contributed by atoms with van der Waals surface area (Å²) in [6.45, 7) is 3.99. The van der Waals surface area contributed by atoms with Crippen LogP contribution in [0.4, 0.5) is 42.4 Å². The summed E-state index contributed by atoms with van der Waals surface area (Å²) in [6, 6.07) is 22.2. The Hall–Kier alpha value is -7.75. The second-order valence-electron chi connectivity index (χ2n) is 16.9. The van der Waals surface area contributed by atoms with Crippen LogP contribution in [0, 0.1) is 0 Å². The molecule has 22 heteroatoms. The molecule has 4 aromatic carbocycles. The molecule has 8 rings (SSSR count). The van der Waals surface area contributed by atoms with Gasteiger partial charge in [-0.1, -0.05) is 48.5 Å². The standard InChI is InChI=1S/C25H24F4N4O3.C25H25F3N4O4/c1-15(17-6-8-18(9-7-17)24(35)36-2)30-22(34)21-20(13-26)31-33-11-10-32(23(21)33)14-16-4-3-5-19(12-16)25(27,28)29;1-15(17-6-8-18(9-7-17)24(35)36-2)29-22(34)21-20(14-33)30-32-11-10-31(23(21)32)13-16-4-3-5-19(12-16)25(26,27)28/h3-9,12,15H,10-11,13-14H2,1-2H3,(H,30,34);3-9,12,15,33H,10-11,13-14H2,1-2H3,(H,29,34)/t2*15-/m00/s1. The van der Waals surface area contributed by atoms with Gasteiger partial charge in [0.05, 0.1) is 68.3 Å².